The van der Waals surface area contributed by atoms with Gasteiger partial charge in [0.15, 0.2) is 6.79 Å². The molecule has 254 valence electrons. The van der Waals surface area contributed by atoms with Crippen molar-refractivity contribution in [2.24, 2.45) is 0 Å². The van der Waals surface area contributed by atoms with E-state index in [1.54, 1.807) is 30.2 Å². The van der Waals surface area contributed by atoms with Gasteiger partial charge in [0, 0.05) is 49.2 Å². The second-order valence-electron chi connectivity index (χ2n) is 13.4. The number of benzene rings is 3. The number of nitrogens with one attached hydrogen (secondary N) is 1. The summed E-state index contributed by atoms with van der Waals surface area (Å²) in [5.74, 6) is 0.155. The summed E-state index contributed by atoms with van der Waals surface area (Å²) >= 11 is 0. The molecule has 1 N–H and O–H groups in total. The lowest BCUT2D eigenvalue weighted by Gasteiger charge is -2.38. The van der Waals surface area contributed by atoms with Gasteiger partial charge in [0.1, 0.15) is 5.75 Å². The van der Waals surface area contributed by atoms with Crippen molar-refractivity contribution in [3.8, 4) is 16.9 Å². The molecule has 0 aliphatic carbocycles. The number of amides is 1. The Morgan fingerprint density at radius 1 is 0.957 bits per heavy atom. The van der Waals surface area contributed by atoms with E-state index in [1.807, 2.05) is 12.1 Å². The van der Waals surface area contributed by atoms with Crippen LogP contribution in [0.25, 0.3) is 11.1 Å². The molecule has 0 aromatic heterocycles. The Hall–Kier alpha value is -3.64. The number of hydrogen-bond acceptors (Lipinski definition) is 8. The maximum Gasteiger partial charge on any atom is 0.258 e. The Balaban J connectivity index is 1.43. The van der Waals surface area contributed by atoms with Crippen LogP contribution in [0.5, 0.6) is 5.75 Å². The molecule has 0 bridgehead atoms. The number of carbonyl (C=O) groups excluding carboxylic acids is 1. The van der Waals surface area contributed by atoms with E-state index in [0.29, 0.717) is 43.2 Å². The Morgan fingerprint density at radius 2 is 1.68 bits per heavy atom. The SMILES string of the molecule is COCCOCOc1ccc(N2CCc3cc(-c4ccc(C(C)(C)C)cc4N4C[C@H](C)O[C@@H](C)C4)ccc3C2=O)cc1NS(C)(=O)=O. The van der Waals surface area contributed by atoms with Gasteiger partial charge in [0.2, 0.25) is 10.0 Å². The lowest BCUT2D eigenvalue weighted by molar-refractivity contribution is -0.00814. The van der Waals surface area contributed by atoms with Crippen LogP contribution >= 0.6 is 0 Å². The summed E-state index contributed by atoms with van der Waals surface area (Å²) in [5.41, 5.74) is 7.07. The van der Waals surface area contributed by atoms with Crippen molar-refractivity contribution in [1.29, 1.82) is 0 Å². The molecule has 3 aromatic rings. The molecule has 1 fully saturated rings. The lowest BCUT2D eigenvalue weighted by atomic mass is 9.84. The van der Waals surface area contributed by atoms with Crippen LogP contribution in [-0.4, -0.2) is 79.5 Å². The molecule has 11 heteroatoms. The van der Waals surface area contributed by atoms with Crippen LogP contribution in [0, 0.1) is 0 Å². The van der Waals surface area contributed by atoms with Crippen LogP contribution in [0.3, 0.4) is 0 Å². The van der Waals surface area contributed by atoms with E-state index in [2.05, 4.69) is 68.5 Å². The number of rotatable bonds is 11. The van der Waals surface area contributed by atoms with Crippen LogP contribution in [-0.2, 0) is 36.1 Å². The van der Waals surface area contributed by atoms with E-state index in [9.17, 15) is 13.2 Å². The van der Waals surface area contributed by atoms with E-state index in [4.69, 9.17) is 18.9 Å². The van der Waals surface area contributed by atoms with Crippen LogP contribution in [0.15, 0.2) is 54.6 Å². The third-order valence-electron chi connectivity index (χ3n) is 8.42. The van der Waals surface area contributed by atoms with Gasteiger partial charge in [0.25, 0.3) is 5.91 Å². The topological polar surface area (TPSA) is 107 Å². The third kappa shape index (κ3) is 8.45. The summed E-state index contributed by atoms with van der Waals surface area (Å²) in [7, 11) is -2.04. The minimum atomic E-state index is -3.61. The van der Waals surface area contributed by atoms with Crippen molar-refractivity contribution in [1.82, 2.24) is 0 Å². The molecule has 0 radical (unpaired) electrons. The summed E-state index contributed by atoms with van der Waals surface area (Å²) in [5, 5.41) is 0. The van der Waals surface area contributed by atoms with Gasteiger partial charge in [-0.2, -0.15) is 0 Å². The highest BCUT2D eigenvalue weighted by molar-refractivity contribution is 7.92. The first-order chi connectivity index (χ1) is 22.2. The average molecular weight is 666 g/mol. The molecule has 2 atom stereocenters. The number of nitrogens with zero attached hydrogens (tertiary/aromatic N) is 2. The number of carbonyl (C=O) groups is 1. The molecule has 5 rings (SSSR count). The highest BCUT2D eigenvalue weighted by Crippen LogP contribution is 2.39. The van der Waals surface area contributed by atoms with Crippen LogP contribution in [0.1, 0.15) is 56.1 Å². The van der Waals surface area contributed by atoms with E-state index in [1.165, 1.54) is 11.3 Å². The van der Waals surface area contributed by atoms with E-state index < -0.39 is 10.0 Å². The number of hydrogen-bond donors (Lipinski definition) is 1. The second kappa shape index (κ2) is 14.2. The number of ether oxygens (including phenoxy) is 4. The van der Waals surface area contributed by atoms with Gasteiger partial charge >= 0.3 is 0 Å². The number of methoxy groups -OCH3 is 1. The van der Waals surface area contributed by atoms with Crippen molar-refractivity contribution in [3.05, 3.63) is 71.3 Å². The molecule has 3 aromatic carbocycles. The summed E-state index contributed by atoms with van der Waals surface area (Å²) in [6.45, 7) is 13.7. The second-order valence-corrected chi connectivity index (χ2v) is 15.2. The molecule has 0 spiro atoms. The Morgan fingerprint density at radius 3 is 2.36 bits per heavy atom. The quantitative estimate of drug-likeness (QED) is 0.201. The van der Waals surface area contributed by atoms with Gasteiger partial charge in [-0.15, -0.1) is 0 Å². The highest BCUT2D eigenvalue weighted by Gasteiger charge is 2.29. The minimum absolute atomic E-state index is 0.00139. The van der Waals surface area contributed by atoms with E-state index >= 15 is 0 Å². The molecule has 47 heavy (non-hydrogen) atoms. The summed E-state index contributed by atoms with van der Waals surface area (Å²) in [6.07, 6.45) is 1.97. The fraction of sp³-hybridized carbons (Fsp3) is 0.472. The standard InChI is InChI=1S/C36H47N3O7S/c1-24-21-38(22-25(2)46-24)33-19-28(36(3,4)5)9-12-30(33)26-8-11-31-27(18-26)14-15-39(35(31)40)29-10-13-34(45-23-44-17-16-43-6)32(20-29)37-47(7,41)42/h8-13,18-20,24-25,37H,14-17,21-23H2,1-7H3/t24-,25-/m0/s1. The first kappa shape index (κ1) is 34.7. The molecule has 2 aliphatic rings. The Labute approximate surface area is 279 Å². The fourth-order valence-corrected chi connectivity index (χ4v) is 6.74. The molecule has 2 aliphatic heterocycles. The maximum atomic E-state index is 13.9. The monoisotopic (exact) mass is 665 g/mol. The maximum absolute atomic E-state index is 13.9. The van der Waals surface area contributed by atoms with Gasteiger partial charge in [-0.25, -0.2) is 8.42 Å². The number of fused-ring (bicyclic) bond motifs is 1. The minimum Gasteiger partial charge on any atom is -0.465 e. The Kier molecular flexibility index (Phi) is 10.5. The number of sulfonamides is 1. The predicted octanol–water partition coefficient (Wildman–Crippen LogP) is 5.84. The normalized spacial score (nSPS) is 18.7. The molecule has 1 saturated heterocycles. The van der Waals surface area contributed by atoms with Crippen molar-refractivity contribution in [2.75, 3.05) is 67.5 Å². The molecular formula is C36H47N3O7S. The van der Waals surface area contributed by atoms with Crippen molar-refractivity contribution >= 4 is 33.0 Å². The zero-order chi connectivity index (χ0) is 33.9. The lowest BCUT2D eigenvalue weighted by Crippen LogP contribution is -2.45. The first-order valence-corrected chi connectivity index (χ1v) is 17.9. The smallest absolute Gasteiger partial charge is 0.258 e. The number of anilines is 3. The molecule has 0 saturated carbocycles. The summed E-state index contributed by atoms with van der Waals surface area (Å²) in [4.78, 5) is 18.0. The Bertz CT molecular complexity index is 1690. The summed E-state index contributed by atoms with van der Waals surface area (Å²) in [6, 6.07) is 17.8. The average Bonchev–Trinajstić information content (AvgIpc) is 2.99. The molecule has 0 unspecified atom stereocenters. The molecule has 10 nitrogen and oxygen atoms in total. The van der Waals surface area contributed by atoms with E-state index in [-0.39, 0.29) is 36.0 Å². The summed E-state index contributed by atoms with van der Waals surface area (Å²) < 4.78 is 48.9. The van der Waals surface area contributed by atoms with Gasteiger partial charge < -0.3 is 28.7 Å². The van der Waals surface area contributed by atoms with Gasteiger partial charge in [0.05, 0.1) is 37.4 Å². The zero-order valence-corrected chi connectivity index (χ0v) is 29.3. The highest BCUT2D eigenvalue weighted by atomic mass is 32.2. The molecule has 2 heterocycles. The van der Waals surface area contributed by atoms with Crippen LogP contribution < -0.4 is 19.3 Å². The predicted molar refractivity (Wildman–Crippen MR) is 186 cm³/mol. The van der Waals surface area contributed by atoms with E-state index in [0.717, 1.165) is 36.0 Å². The van der Waals surface area contributed by atoms with Crippen molar-refractivity contribution in [2.45, 2.75) is 58.7 Å². The van der Waals surface area contributed by atoms with Gasteiger partial charge in [-0.05, 0) is 72.7 Å². The number of morpholine rings is 1. The molecular weight excluding hydrogens is 618 g/mol. The fourth-order valence-electron chi connectivity index (χ4n) is 6.18. The zero-order valence-electron chi connectivity index (χ0n) is 28.5. The van der Waals surface area contributed by atoms with Gasteiger partial charge in [-0.1, -0.05) is 45.0 Å². The first-order valence-electron chi connectivity index (χ1n) is 16.0. The van der Waals surface area contributed by atoms with Crippen LogP contribution in [0.2, 0.25) is 0 Å². The largest absolute Gasteiger partial charge is 0.465 e. The van der Waals surface area contributed by atoms with Gasteiger partial charge in [-0.3, -0.25) is 9.52 Å². The van der Waals surface area contributed by atoms with Crippen LogP contribution in [0.4, 0.5) is 17.1 Å². The third-order valence-corrected chi connectivity index (χ3v) is 9.01. The molecule has 1 amide bonds. The van der Waals surface area contributed by atoms with Crippen molar-refractivity contribution < 1.29 is 32.2 Å². The van der Waals surface area contributed by atoms with Crippen molar-refractivity contribution in [3.63, 3.8) is 0 Å².